The third-order valence-electron chi connectivity index (χ3n) is 4.05. The lowest BCUT2D eigenvalue weighted by atomic mass is 10.1. The van der Waals surface area contributed by atoms with Gasteiger partial charge in [-0.2, -0.15) is 0 Å². The van der Waals surface area contributed by atoms with Crippen LogP contribution in [0, 0.1) is 0 Å². The number of amidine groups is 2. The Morgan fingerprint density at radius 2 is 1.87 bits per heavy atom. The summed E-state index contributed by atoms with van der Waals surface area (Å²) in [6.45, 7) is 2.65. The Hall–Kier alpha value is -2.15. The molecule has 1 aromatic rings. The second-order valence-electron chi connectivity index (χ2n) is 5.45. The van der Waals surface area contributed by atoms with Crippen molar-refractivity contribution in [3.63, 3.8) is 0 Å². The number of imide groups is 1. The number of amides is 3. The van der Waals surface area contributed by atoms with Gasteiger partial charge in [-0.05, 0) is 29.2 Å². The highest BCUT2D eigenvalue weighted by atomic mass is 32.2. The Morgan fingerprint density at radius 3 is 2.52 bits per heavy atom. The average Bonchev–Trinajstić information content (AvgIpc) is 2.96. The zero-order valence-electron chi connectivity index (χ0n) is 13.4. The van der Waals surface area contributed by atoms with Crippen molar-refractivity contribution in [1.29, 1.82) is 0 Å². The molecule has 1 fully saturated rings. The van der Waals surface area contributed by atoms with Crippen molar-refractivity contribution in [2.75, 3.05) is 20.6 Å². The van der Waals surface area contributed by atoms with Gasteiger partial charge >= 0.3 is 11.2 Å². The van der Waals surface area contributed by atoms with Crippen molar-refractivity contribution >= 4 is 34.7 Å². The van der Waals surface area contributed by atoms with Crippen LogP contribution < -0.4 is 0 Å². The lowest BCUT2D eigenvalue weighted by Crippen LogP contribution is -2.61. The topological polar surface area (TPSA) is 56.0 Å². The molecule has 0 aliphatic carbocycles. The van der Waals surface area contributed by atoms with Crippen LogP contribution in [0.4, 0.5) is 4.79 Å². The minimum Gasteiger partial charge on any atom is -0.269 e. The van der Waals surface area contributed by atoms with E-state index < -0.39 is 6.04 Å². The van der Waals surface area contributed by atoms with Gasteiger partial charge in [-0.15, -0.1) is 0 Å². The number of rotatable bonds is 3. The fraction of sp³-hybridized carbons (Fsp3) is 0.375. The van der Waals surface area contributed by atoms with Gasteiger partial charge in [0, 0.05) is 19.8 Å². The van der Waals surface area contributed by atoms with Gasteiger partial charge in [0.2, 0.25) is 0 Å². The summed E-state index contributed by atoms with van der Waals surface area (Å²) in [5, 5.41) is 0.791. The molecule has 2 aliphatic heterocycles. The molecule has 0 saturated carbocycles. The summed E-state index contributed by atoms with van der Waals surface area (Å²) in [6.07, 6.45) is 0. The Bertz CT molecular complexity index is 714. The Balaban J connectivity index is 1.88. The van der Waals surface area contributed by atoms with Crippen LogP contribution >= 0.6 is 11.8 Å². The van der Waals surface area contributed by atoms with Crippen LogP contribution in [0.15, 0.2) is 35.3 Å². The summed E-state index contributed by atoms with van der Waals surface area (Å²) >= 11 is 1.59. The fourth-order valence-electron chi connectivity index (χ4n) is 2.73. The predicted octanol–water partition coefficient (Wildman–Crippen LogP) is 1.61. The maximum Gasteiger partial charge on any atom is 0.358 e. The minimum atomic E-state index is -0.494. The number of aliphatic imine (C=N–C) groups is 1. The smallest absolute Gasteiger partial charge is 0.269 e. The number of urea groups is 1. The van der Waals surface area contributed by atoms with Crippen molar-refractivity contribution in [2.45, 2.75) is 18.7 Å². The summed E-state index contributed by atoms with van der Waals surface area (Å²) in [4.78, 5) is 31.8. The normalized spacial score (nSPS) is 21.0. The predicted molar refractivity (Wildman–Crippen MR) is 90.7 cm³/mol. The molecule has 1 saturated heterocycles. The van der Waals surface area contributed by atoms with Crippen LogP contribution in [-0.4, -0.2) is 64.0 Å². The fourth-order valence-corrected chi connectivity index (χ4v) is 3.78. The van der Waals surface area contributed by atoms with Gasteiger partial charge in [0.25, 0.3) is 17.8 Å². The molecule has 3 rings (SSSR count). The first-order valence-corrected chi connectivity index (χ1v) is 8.47. The number of fused-ring (bicyclic) bond motifs is 1. The Kier molecular flexibility index (Phi) is 4.21. The number of carbonyl (C=O) groups is 2. The molecule has 3 amide bonds. The lowest BCUT2D eigenvalue weighted by molar-refractivity contribution is -0.529. The van der Waals surface area contributed by atoms with E-state index in [2.05, 4.69) is 17.1 Å². The summed E-state index contributed by atoms with van der Waals surface area (Å²) in [5.41, 5.74) is 1.20. The summed E-state index contributed by atoms with van der Waals surface area (Å²) in [6, 6.07) is 9.29. The highest BCUT2D eigenvalue weighted by Crippen LogP contribution is 2.24. The number of nitrogens with zero attached hydrogens (tertiary/aromatic N) is 4. The molecular weight excluding hydrogens is 312 g/mol. The number of thioether (sulfide) groups is 1. The molecule has 1 unspecified atom stereocenters. The van der Waals surface area contributed by atoms with E-state index in [1.165, 1.54) is 17.5 Å². The molecule has 0 radical (unpaired) electrons. The molecule has 0 aromatic heterocycles. The second-order valence-corrected chi connectivity index (χ2v) is 6.40. The molecule has 7 heteroatoms. The van der Waals surface area contributed by atoms with Gasteiger partial charge in [-0.1, -0.05) is 30.3 Å². The maximum atomic E-state index is 12.5. The first-order valence-electron chi connectivity index (χ1n) is 7.48. The van der Waals surface area contributed by atoms with Crippen molar-refractivity contribution in [3.8, 4) is 0 Å². The molecule has 2 aliphatic rings. The Morgan fingerprint density at radius 1 is 1.17 bits per heavy atom. The molecule has 6 nitrogen and oxygen atoms in total. The number of carbonyl (C=O) groups excluding carboxylic acids is 2. The third kappa shape index (κ3) is 2.65. The SMILES string of the molecule is CC[N+]1=C(SCc2ccccc2)N=C2C1C(=O)N(C)C(=O)N2C. The van der Waals surface area contributed by atoms with Crippen LogP contribution in [0.1, 0.15) is 12.5 Å². The number of hydrogen-bond donors (Lipinski definition) is 0. The van der Waals surface area contributed by atoms with Crippen LogP contribution in [0.25, 0.3) is 0 Å². The van der Waals surface area contributed by atoms with Gasteiger partial charge in [0.05, 0.1) is 6.54 Å². The van der Waals surface area contributed by atoms with Crippen molar-refractivity contribution in [2.24, 2.45) is 4.99 Å². The molecule has 0 N–H and O–H groups in total. The van der Waals surface area contributed by atoms with E-state index in [9.17, 15) is 9.59 Å². The highest BCUT2D eigenvalue weighted by Gasteiger charge is 2.52. The summed E-state index contributed by atoms with van der Waals surface area (Å²) in [5.74, 6) is 1.08. The van der Waals surface area contributed by atoms with Crippen LogP contribution in [0.2, 0.25) is 0 Å². The van der Waals surface area contributed by atoms with E-state index in [0.29, 0.717) is 12.4 Å². The first-order chi connectivity index (χ1) is 11.0. The van der Waals surface area contributed by atoms with Crippen LogP contribution in [0.5, 0.6) is 0 Å². The van der Waals surface area contributed by atoms with E-state index in [0.717, 1.165) is 15.8 Å². The molecule has 1 atom stereocenters. The molecule has 23 heavy (non-hydrogen) atoms. The number of hydrogen-bond acceptors (Lipinski definition) is 4. The van der Waals surface area contributed by atoms with Crippen molar-refractivity contribution in [1.82, 2.24) is 9.80 Å². The van der Waals surface area contributed by atoms with Gasteiger partial charge in [0.1, 0.15) is 0 Å². The van der Waals surface area contributed by atoms with E-state index in [-0.39, 0.29) is 11.9 Å². The molecule has 2 heterocycles. The van der Waals surface area contributed by atoms with E-state index in [1.807, 2.05) is 29.7 Å². The number of likely N-dealkylation sites (N-methyl/N-ethyl adjacent to an activating group) is 3. The molecular formula is C16H19N4O2S+. The van der Waals surface area contributed by atoms with Crippen LogP contribution in [-0.2, 0) is 10.5 Å². The zero-order valence-corrected chi connectivity index (χ0v) is 14.2. The molecule has 0 bridgehead atoms. The maximum absolute atomic E-state index is 12.5. The molecule has 0 spiro atoms. The van der Waals surface area contributed by atoms with Gasteiger partial charge in [-0.3, -0.25) is 14.6 Å². The molecule has 120 valence electrons. The summed E-state index contributed by atoms with van der Waals surface area (Å²) < 4.78 is 1.96. The van der Waals surface area contributed by atoms with Gasteiger partial charge in [0.15, 0.2) is 0 Å². The third-order valence-corrected chi connectivity index (χ3v) is 5.11. The van der Waals surface area contributed by atoms with E-state index in [4.69, 9.17) is 0 Å². The summed E-state index contributed by atoms with van der Waals surface area (Å²) in [7, 11) is 3.18. The largest absolute Gasteiger partial charge is 0.358 e. The average molecular weight is 331 g/mol. The molecule has 1 aromatic carbocycles. The van der Waals surface area contributed by atoms with Gasteiger partial charge in [-0.25, -0.2) is 9.37 Å². The quantitative estimate of drug-likeness (QED) is 0.791. The van der Waals surface area contributed by atoms with Crippen LogP contribution in [0.3, 0.4) is 0 Å². The monoisotopic (exact) mass is 331 g/mol. The lowest BCUT2D eigenvalue weighted by Gasteiger charge is -2.30. The standard InChI is InChI=1S/C16H19N4O2S/c1-4-20-12-13(18(2)16(22)19(3)14(12)21)17-15(20)23-10-11-8-6-5-7-9-11/h5-9,12H,4,10H2,1-3H3/q+1. The van der Waals surface area contributed by atoms with E-state index >= 15 is 0 Å². The minimum absolute atomic E-state index is 0.219. The second kappa shape index (κ2) is 6.16. The van der Waals surface area contributed by atoms with Crippen molar-refractivity contribution in [3.05, 3.63) is 35.9 Å². The first kappa shape index (κ1) is 15.7. The van der Waals surface area contributed by atoms with E-state index in [1.54, 1.807) is 18.8 Å². The van der Waals surface area contributed by atoms with Gasteiger partial charge < -0.3 is 0 Å². The number of benzene rings is 1. The Labute approximate surface area is 139 Å². The van der Waals surface area contributed by atoms with Crippen molar-refractivity contribution < 1.29 is 14.2 Å². The zero-order chi connectivity index (χ0) is 16.6. The highest BCUT2D eigenvalue weighted by molar-refractivity contribution is 8.13.